The SMILES string of the molecule is COC(=O)[C@H](CCCNC(=O)OC(C)(C)C)NC(=O)c1ccc(N(C=O)Cc2cnc3nc(N)nc(N)c3n2)cc1. The number of nitrogens with two attached hydrogens (primary N) is 2. The Morgan fingerprint density at radius 1 is 1.10 bits per heavy atom. The number of nitrogens with zero attached hydrogens (tertiary/aromatic N) is 5. The summed E-state index contributed by atoms with van der Waals surface area (Å²) in [6, 6.07) is 5.25. The first-order valence-electron chi connectivity index (χ1n) is 12.6. The summed E-state index contributed by atoms with van der Waals surface area (Å²) in [6.07, 6.45) is 2.09. The lowest BCUT2D eigenvalue weighted by Gasteiger charge is -2.20. The van der Waals surface area contributed by atoms with Gasteiger partial charge in [0.05, 0.1) is 25.5 Å². The van der Waals surface area contributed by atoms with Crippen LogP contribution in [-0.4, -0.2) is 69.6 Å². The number of fused-ring (bicyclic) bond motifs is 1. The van der Waals surface area contributed by atoms with Crippen LogP contribution in [0, 0.1) is 0 Å². The maximum absolute atomic E-state index is 12.9. The van der Waals surface area contributed by atoms with E-state index in [1.807, 2.05) is 0 Å². The molecule has 6 N–H and O–H groups in total. The van der Waals surface area contributed by atoms with Gasteiger partial charge in [-0.3, -0.25) is 9.59 Å². The molecule has 0 aliphatic carbocycles. The third-order valence-electron chi connectivity index (χ3n) is 5.55. The maximum atomic E-state index is 12.9. The topological polar surface area (TPSA) is 218 Å². The molecule has 0 unspecified atom stereocenters. The van der Waals surface area contributed by atoms with Crippen LogP contribution in [0.2, 0.25) is 0 Å². The number of nitrogen functional groups attached to an aromatic ring is 2. The Kier molecular flexibility index (Phi) is 9.90. The quantitative estimate of drug-likeness (QED) is 0.146. The lowest BCUT2D eigenvalue weighted by Crippen LogP contribution is -2.42. The first-order chi connectivity index (χ1) is 19.4. The van der Waals surface area contributed by atoms with Crippen LogP contribution in [0.4, 0.5) is 22.2 Å². The molecule has 15 nitrogen and oxygen atoms in total. The molecule has 41 heavy (non-hydrogen) atoms. The summed E-state index contributed by atoms with van der Waals surface area (Å²) in [5, 5.41) is 5.25. The smallest absolute Gasteiger partial charge is 0.407 e. The zero-order valence-corrected chi connectivity index (χ0v) is 23.2. The van der Waals surface area contributed by atoms with Crippen LogP contribution in [0.5, 0.6) is 0 Å². The normalized spacial score (nSPS) is 11.8. The molecule has 0 spiro atoms. The molecule has 0 radical (unpaired) electrons. The van der Waals surface area contributed by atoms with Crippen LogP contribution in [0.3, 0.4) is 0 Å². The fourth-order valence-corrected chi connectivity index (χ4v) is 3.67. The van der Waals surface area contributed by atoms with E-state index in [-0.39, 0.29) is 48.0 Å². The van der Waals surface area contributed by atoms with Gasteiger partial charge in [0, 0.05) is 17.8 Å². The van der Waals surface area contributed by atoms with Crippen molar-refractivity contribution in [3.63, 3.8) is 0 Å². The number of rotatable bonds is 11. The van der Waals surface area contributed by atoms with E-state index in [1.165, 1.54) is 30.3 Å². The molecule has 3 rings (SSSR count). The third kappa shape index (κ3) is 8.71. The van der Waals surface area contributed by atoms with Gasteiger partial charge in [0.25, 0.3) is 5.91 Å². The predicted molar refractivity (Wildman–Crippen MR) is 149 cm³/mol. The predicted octanol–water partition coefficient (Wildman–Crippen LogP) is 1.32. The summed E-state index contributed by atoms with van der Waals surface area (Å²) in [7, 11) is 1.22. The molecule has 0 saturated heterocycles. The average Bonchev–Trinajstić information content (AvgIpc) is 2.92. The Morgan fingerprint density at radius 3 is 2.44 bits per heavy atom. The molecule has 15 heteroatoms. The Morgan fingerprint density at radius 2 is 1.80 bits per heavy atom. The first kappa shape index (κ1) is 30.5. The van der Waals surface area contributed by atoms with Crippen LogP contribution in [-0.2, 0) is 25.6 Å². The van der Waals surface area contributed by atoms with Crippen molar-refractivity contribution in [3.8, 4) is 0 Å². The van der Waals surface area contributed by atoms with E-state index in [4.69, 9.17) is 20.9 Å². The van der Waals surface area contributed by atoms with Crippen LogP contribution in [0.15, 0.2) is 30.5 Å². The number of anilines is 3. The molecule has 1 aromatic carbocycles. The van der Waals surface area contributed by atoms with Crippen molar-refractivity contribution in [1.29, 1.82) is 0 Å². The Bertz CT molecular complexity index is 1410. The van der Waals surface area contributed by atoms with Gasteiger partial charge in [-0.2, -0.15) is 9.97 Å². The van der Waals surface area contributed by atoms with E-state index in [0.29, 0.717) is 24.2 Å². The van der Waals surface area contributed by atoms with Gasteiger partial charge in [0.1, 0.15) is 11.6 Å². The minimum absolute atomic E-state index is 0.0243. The highest BCUT2D eigenvalue weighted by atomic mass is 16.6. The summed E-state index contributed by atoms with van der Waals surface area (Å²) in [5.41, 5.74) is 12.5. The van der Waals surface area contributed by atoms with Crippen molar-refractivity contribution in [3.05, 3.63) is 41.7 Å². The molecule has 2 aromatic heterocycles. The second kappa shape index (κ2) is 13.3. The second-order valence-electron chi connectivity index (χ2n) is 9.90. The van der Waals surface area contributed by atoms with E-state index in [9.17, 15) is 19.2 Å². The van der Waals surface area contributed by atoms with Crippen molar-refractivity contribution in [2.24, 2.45) is 0 Å². The molecular weight excluding hydrogens is 534 g/mol. The monoisotopic (exact) mass is 567 g/mol. The number of nitrogens with one attached hydrogen (secondary N) is 2. The van der Waals surface area contributed by atoms with Gasteiger partial charge in [-0.1, -0.05) is 0 Å². The Labute approximate surface area is 236 Å². The molecule has 1 atom stereocenters. The molecule has 2 heterocycles. The van der Waals surface area contributed by atoms with E-state index >= 15 is 0 Å². The first-order valence-corrected chi connectivity index (χ1v) is 12.6. The fourth-order valence-electron chi connectivity index (χ4n) is 3.67. The zero-order valence-electron chi connectivity index (χ0n) is 23.2. The van der Waals surface area contributed by atoms with Gasteiger partial charge >= 0.3 is 12.1 Å². The molecule has 0 saturated carbocycles. The van der Waals surface area contributed by atoms with Crippen molar-refractivity contribution in [1.82, 2.24) is 30.6 Å². The fraction of sp³-hybridized carbons (Fsp3) is 0.385. The molecular formula is C26H33N9O6. The number of methoxy groups -OCH3 is 1. The Hall–Kier alpha value is -5.08. The van der Waals surface area contributed by atoms with E-state index in [1.54, 1.807) is 32.9 Å². The minimum Gasteiger partial charge on any atom is -0.467 e. The van der Waals surface area contributed by atoms with Gasteiger partial charge in [0.15, 0.2) is 17.0 Å². The van der Waals surface area contributed by atoms with Crippen LogP contribution in [0.25, 0.3) is 11.2 Å². The number of carbonyl (C=O) groups excluding carboxylic acids is 4. The summed E-state index contributed by atoms with van der Waals surface area (Å²) in [4.78, 5) is 66.5. The number of amides is 3. The number of aromatic nitrogens is 4. The van der Waals surface area contributed by atoms with Crippen molar-refractivity contribution < 1.29 is 28.7 Å². The second-order valence-corrected chi connectivity index (χ2v) is 9.90. The Balaban J connectivity index is 1.61. The molecule has 3 amide bonds. The van der Waals surface area contributed by atoms with Gasteiger partial charge in [0.2, 0.25) is 12.4 Å². The molecule has 0 aliphatic heterocycles. The number of alkyl carbamates (subject to hydrolysis) is 1. The van der Waals surface area contributed by atoms with Crippen LogP contribution in [0.1, 0.15) is 49.7 Å². The van der Waals surface area contributed by atoms with E-state index < -0.39 is 29.6 Å². The molecule has 3 aromatic rings. The summed E-state index contributed by atoms with van der Waals surface area (Å²) in [5.74, 6) is -1.09. The summed E-state index contributed by atoms with van der Waals surface area (Å²) in [6.45, 7) is 5.55. The molecule has 0 bridgehead atoms. The largest absolute Gasteiger partial charge is 0.467 e. The maximum Gasteiger partial charge on any atom is 0.407 e. The van der Waals surface area contributed by atoms with Crippen LogP contribution >= 0.6 is 0 Å². The molecule has 218 valence electrons. The van der Waals surface area contributed by atoms with E-state index in [0.717, 1.165) is 0 Å². The number of ether oxygens (including phenoxy) is 2. The van der Waals surface area contributed by atoms with Crippen molar-refractivity contribution in [2.75, 3.05) is 30.0 Å². The zero-order chi connectivity index (χ0) is 30.2. The number of benzene rings is 1. The number of carbonyl (C=O) groups is 4. The number of hydrogen-bond donors (Lipinski definition) is 4. The van der Waals surface area contributed by atoms with Gasteiger partial charge in [-0.15, -0.1) is 0 Å². The summed E-state index contributed by atoms with van der Waals surface area (Å²) >= 11 is 0. The van der Waals surface area contributed by atoms with Gasteiger partial charge in [-0.25, -0.2) is 19.6 Å². The highest BCUT2D eigenvalue weighted by Gasteiger charge is 2.23. The standard InChI is InChI=1S/C26H33N9O6/c1-26(2,3)41-25(39)29-11-5-6-18(23(38)40-4)32-22(37)15-7-9-17(10-8-15)35(14-36)13-16-12-30-21-19(31-16)20(27)33-24(28)34-21/h7-10,12,14,18H,5-6,11,13H2,1-4H3,(H,29,39)(H,32,37)(H4,27,28,30,33,34)/t18-/m0/s1. The lowest BCUT2D eigenvalue weighted by atomic mass is 10.1. The number of esters is 1. The average molecular weight is 568 g/mol. The highest BCUT2D eigenvalue weighted by molar-refractivity contribution is 5.97. The lowest BCUT2D eigenvalue weighted by molar-refractivity contribution is -0.143. The number of hydrogen-bond acceptors (Lipinski definition) is 12. The van der Waals surface area contributed by atoms with Crippen molar-refractivity contribution >= 4 is 53.0 Å². The highest BCUT2D eigenvalue weighted by Crippen LogP contribution is 2.19. The van der Waals surface area contributed by atoms with Gasteiger partial charge < -0.3 is 36.5 Å². The van der Waals surface area contributed by atoms with Crippen molar-refractivity contribution in [2.45, 2.75) is 51.8 Å². The van der Waals surface area contributed by atoms with E-state index in [2.05, 4.69) is 30.6 Å². The van der Waals surface area contributed by atoms with Gasteiger partial charge in [-0.05, 0) is 57.9 Å². The molecule has 0 aliphatic rings. The molecule has 0 fully saturated rings. The third-order valence-corrected chi connectivity index (χ3v) is 5.55. The van der Waals surface area contributed by atoms with Crippen LogP contribution < -0.4 is 27.0 Å². The summed E-state index contributed by atoms with van der Waals surface area (Å²) < 4.78 is 9.98. The minimum atomic E-state index is -0.933.